The van der Waals surface area contributed by atoms with E-state index in [1.807, 2.05) is 4.90 Å². The van der Waals surface area contributed by atoms with Gasteiger partial charge in [0.05, 0.1) is 38.7 Å². The number of rotatable bonds is 10. The first-order valence-electron chi connectivity index (χ1n) is 11.1. The highest BCUT2D eigenvalue weighted by atomic mass is 19.1. The molecule has 4 rings (SSSR count). The smallest absolute Gasteiger partial charge is 0.225 e. The van der Waals surface area contributed by atoms with Crippen molar-refractivity contribution < 1.29 is 28.2 Å². The van der Waals surface area contributed by atoms with Crippen LogP contribution in [0.15, 0.2) is 35.7 Å². The van der Waals surface area contributed by atoms with E-state index >= 15 is 0 Å². The van der Waals surface area contributed by atoms with Crippen molar-refractivity contribution in [3.8, 4) is 11.1 Å². The first-order valence-corrected chi connectivity index (χ1v) is 11.1. The second-order valence-electron chi connectivity index (χ2n) is 8.17. The van der Waals surface area contributed by atoms with E-state index in [4.69, 9.17) is 14.3 Å². The van der Waals surface area contributed by atoms with E-state index in [2.05, 4.69) is 15.1 Å². The first kappa shape index (κ1) is 23.5. The van der Waals surface area contributed by atoms with Crippen molar-refractivity contribution >= 4 is 11.7 Å². The zero-order chi connectivity index (χ0) is 23.0. The summed E-state index contributed by atoms with van der Waals surface area (Å²) in [4.78, 5) is 15.8. The maximum atomic E-state index is 14.4. The molecule has 0 bridgehead atoms. The lowest BCUT2D eigenvalue weighted by Gasteiger charge is -2.32. The largest absolute Gasteiger partial charge is 0.395 e. The lowest BCUT2D eigenvalue weighted by atomic mass is 10.1. The molecule has 1 N–H and O–H groups in total. The van der Waals surface area contributed by atoms with E-state index in [9.17, 15) is 13.9 Å². The number of benzene rings is 1. The average Bonchev–Trinajstić information content (AvgIpc) is 2.83. The summed E-state index contributed by atoms with van der Waals surface area (Å²) >= 11 is 0. The molecule has 1 aromatic carbocycles. The third kappa shape index (κ3) is 6.01. The first-order chi connectivity index (χ1) is 16.2. The molecule has 1 aromatic heterocycles. The minimum Gasteiger partial charge on any atom is -0.395 e. The number of hydrogen-bond donors (Lipinski definition) is 1. The number of aliphatic hydroxyl groups is 1. The SMILES string of the molecule is OCc1cccc(-c2cnc(N3CC(=NOCC(CF)COC4CCCCO4)C3)nc2)c1F. The third-order valence-electron chi connectivity index (χ3n) is 5.61. The molecule has 2 fully saturated rings. The Labute approximate surface area is 191 Å². The molecule has 10 heteroatoms. The number of anilines is 1. The van der Waals surface area contributed by atoms with Gasteiger partial charge in [0.25, 0.3) is 0 Å². The van der Waals surface area contributed by atoms with Gasteiger partial charge in [0.1, 0.15) is 12.4 Å². The molecule has 8 nitrogen and oxygen atoms in total. The van der Waals surface area contributed by atoms with Gasteiger partial charge in [-0.3, -0.25) is 4.39 Å². The lowest BCUT2D eigenvalue weighted by molar-refractivity contribution is -0.172. The Morgan fingerprint density at radius 1 is 1.21 bits per heavy atom. The number of halogens is 2. The van der Waals surface area contributed by atoms with Gasteiger partial charge in [-0.1, -0.05) is 23.4 Å². The Morgan fingerprint density at radius 2 is 2.03 bits per heavy atom. The van der Waals surface area contributed by atoms with Crippen molar-refractivity contribution in [3.63, 3.8) is 0 Å². The maximum absolute atomic E-state index is 14.4. The van der Waals surface area contributed by atoms with E-state index in [0.29, 0.717) is 36.8 Å². The van der Waals surface area contributed by atoms with E-state index in [1.165, 1.54) is 6.07 Å². The van der Waals surface area contributed by atoms with Crippen molar-refractivity contribution in [1.29, 1.82) is 0 Å². The Morgan fingerprint density at radius 3 is 2.73 bits per heavy atom. The maximum Gasteiger partial charge on any atom is 0.225 e. The fraction of sp³-hybridized carbons (Fsp3) is 0.522. The minimum atomic E-state index is -0.550. The number of ether oxygens (including phenoxy) is 2. The van der Waals surface area contributed by atoms with E-state index < -0.39 is 18.4 Å². The standard InChI is InChI=1S/C23H28F2N4O4/c24-8-16(14-32-21-6-1-2-7-31-21)15-33-28-19-11-29(12-19)23-26-9-18(10-27-23)20-5-3-4-17(13-30)22(20)25/h3-5,9-10,16,21,30H,1-2,6-8,11-15H2. The van der Waals surface area contributed by atoms with E-state index in [0.717, 1.165) is 25.0 Å². The molecular weight excluding hydrogens is 434 g/mol. The van der Waals surface area contributed by atoms with Crippen LogP contribution in [-0.2, 0) is 20.9 Å². The second-order valence-corrected chi connectivity index (χ2v) is 8.17. The summed E-state index contributed by atoms with van der Waals surface area (Å²) in [6, 6.07) is 4.83. The molecule has 0 aliphatic carbocycles. The molecule has 0 saturated carbocycles. The molecule has 3 heterocycles. The van der Waals surface area contributed by atoms with Gasteiger partial charge < -0.3 is 24.3 Å². The summed E-state index contributed by atoms with van der Waals surface area (Å²) in [6.07, 6.45) is 5.79. The summed E-state index contributed by atoms with van der Waals surface area (Å²) < 4.78 is 38.7. The van der Waals surface area contributed by atoms with Crippen LogP contribution in [0.25, 0.3) is 11.1 Å². The topological polar surface area (TPSA) is 89.3 Å². The Balaban J connectivity index is 1.22. The summed E-state index contributed by atoms with van der Waals surface area (Å²) in [6.45, 7) is 1.14. The number of aliphatic hydroxyl groups excluding tert-OH is 1. The van der Waals surface area contributed by atoms with E-state index in [1.54, 1.807) is 24.5 Å². The highest BCUT2D eigenvalue weighted by Crippen LogP contribution is 2.25. The zero-order valence-corrected chi connectivity index (χ0v) is 18.3. The monoisotopic (exact) mass is 462 g/mol. The van der Waals surface area contributed by atoms with Crippen LogP contribution in [0.3, 0.4) is 0 Å². The van der Waals surface area contributed by atoms with E-state index in [-0.39, 0.29) is 31.7 Å². The highest BCUT2D eigenvalue weighted by Gasteiger charge is 2.25. The molecule has 2 saturated heterocycles. The summed E-state index contributed by atoms with van der Waals surface area (Å²) in [5.41, 5.74) is 1.90. The molecule has 2 aromatic rings. The normalized spacial score (nSPS) is 19.2. The van der Waals surface area contributed by atoms with Gasteiger partial charge in [-0.25, -0.2) is 14.4 Å². The van der Waals surface area contributed by atoms with Gasteiger partial charge in [0, 0.05) is 41.6 Å². The van der Waals surface area contributed by atoms with Gasteiger partial charge in [0.2, 0.25) is 5.95 Å². The predicted octanol–water partition coefficient (Wildman–Crippen LogP) is 3.10. The lowest BCUT2D eigenvalue weighted by Crippen LogP contribution is -2.48. The second kappa shape index (κ2) is 11.4. The Bertz CT molecular complexity index is 931. The Kier molecular flexibility index (Phi) is 8.14. The number of alkyl halides is 1. The number of nitrogens with zero attached hydrogens (tertiary/aromatic N) is 4. The van der Waals surface area contributed by atoms with Crippen LogP contribution < -0.4 is 4.90 Å². The van der Waals surface area contributed by atoms with Crippen LogP contribution in [0.4, 0.5) is 14.7 Å². The van der Waals surface area contributed by atoms with Gasteiger partial charge in [0.15, 0.2) is 6.29 Å². The van der Waals surface area contributed by atoms with Gasteiger partial charge >= 0.3 is 0 Å². The minimum absolute atomic E-state index is 0.135. The van der Waals surface area contributed by atoms with Crippen LogP contribution in [0.1, 0.15) is 24.8 Å². The molecule has 0 amide bonds. The van der Waals surface area contributed by atoms with Gasteiger partial charge in [-0.15, -0.1) is 0 Å². The Hall–Kier alpha value is -2.69. The van der Waals surface area contributed by atoms with Crippen molar-refractivity contribution in [2.45, 2.75) is 32.2 Å². The van der Waals surface area contributed by atoms with Crippen LogP contribution >= 0.6 is 0 Å². The molecule has 2 aliphatic rings. The number of hydrogen-bond acceptors (Lipinski definition) is 8. The number of oxime groups is 1. The fourth-order valence-electron chi connectivity index (χ4n) is 3.60. The summed E-state index contributed by atoms with van der Waals surface area (Å²) in [7, 11) is 0. The molecule has 33 heavy (non-hydrogen) atoms. The molecule has 2 atom stereocenters. The van der Waals surface area contributed by atoms with Crippen LogP contribution in [0.2, 0.25) is 0 Å². The zero-order valence-electron chi connectivity index (χ0n) is 18.3. The molecular formula is C23H28F2N4O4. The average molecular weight is 462 g/mol. The molecule has 0 radical (unpaired) electrons. The van der Waals surface area contributed by atoms with Crippen LogP contribution in [-0.4, -0.2) is 66.7 Å². The number of aromatic nitrogens is 2. The van der Waals surface area contributed by atoms with Crippen molar-refractivity contribution in [2.24, 2.45) is 11.1 Å². The van der Waals surface area contributed by atoms with Crippen LogP contribution in [0.5, 0.6) is 0 Å². The van der Waals surface area contributed by atoms with Crippen molar-refractivity contribution in [2.75, 3.05) is 44.5 Å². The third-order valence-corrected chi connectivity index (χ3v) is 5.61. The molecule has 178 valence electrons. The summed E-state index contributed by atoms with van der Waals surface area (Å²) in [5.74, 6) is -0.370. The van der Waals surface area contributed by atoms with Gasteiger partial charge in [-0.2, -0.15) is 0 Å². The molecule has 2 aliphatic heterocycles. The van der Waals surface area contributed by atoms with Crippen molar-refractivity contribution in [3.05, 3.63) is 42.0 Å². The quantitative estimate of drug-likeness (QED) is 0.543. The predicted molar refractivity (Wildman–Crippen MR) is 118 cm³/mol. The highest BCUT2D eigenvalue weighted by molar-refractivity contribution is 5.98. The van der Waals surface area contributed by atoms with Crippen LogP contribution in [0, 0.1) is 11.7 Å². The summed E-state index contributed by atoms with van der Waals surface area (Å²) in [5, 5.41) is 13.3. The fourth-order valence-corrected chi connectivity index (χ4v) is 3.60. The molecule has 2 unspecified atom stereocenters. The van der Waals surface area contributed by atoms with Gasteiger partial charge in [-0.05, 0) is 19.3 Å². The molecule has 0 spiro atoms. The van der Waals surface area contributed by atoms with Crippen molar-refractivity contribution in [1.82, 2.24) is 9.97 Å².